The molecule has 3 nitrogen and oxygen atoms in total. The van der Waals surface area contributed by atoms with Crippen LogP contribution in [0, 0.1) is 5.92 Å². The second-order valence-corrected chi connectivity index (χ2v) is 10.0. The first-order chi connectivity index (χ1) is 15.1. The molecular weight excluding hydrogens is 411 g/mol. The highest BCUT2D eigenvalue weighted by Gasteiger charge is 2.39. The molecule has 1 N–H and O–H groups in total. The molecule has 2 heterocycles. The Morgan fingerprint density at radius 1 is 1.22 bits per heavy atom. The summed E-state index contributed by atoms with van der Waals surface area (Å²) >= 11 is 0. The summed E-state index contributed by atoms with van der Waals surface area (Å²) in [7, 11) is 1.69. The Balaban J connectivity index is 1.53. The molecule has 2 fully saturated rings. The van der Waals surface area contributed by atoms with Crippen LogP contribution < -0.4 is 5.32 Å². The van der Waals surface area contributed by atoms with E-state index >= 15 is 0 Å². The predicted octanol–water partition coefficient (Wildman–Crippen LogP) is 6.43. The molecule has 3 aliphatic rings. The SMILES string of the molecule is C[C@H]1CCCN(CC2=CN(C)/C(=C\Nc3cccc(C4(C)CCC4)c3)C(C(F)(F)F)=C2)C1. The normalized spacial score (nSPS) is 25.2. The van der Waals surface area contributed by atoms with Gasteiger partial charge in [-0.15, -0.1) is 0 Å². The Labute approximate surface area is 189 Å². The minimum absolute atomic E-state index is 0.133. The van der Waals surface area contributed by atoms with Gasteiger partial charge in [0.15, 0.2) is 0 Å². The smallest absolute Gasteiger partial charge is 0.360 e. The van der Waals surface area contributed by atoms with Gasteiger partial charge in [0.1, 0.15) is 0 Å². The minimum atomic E-state index is -4.42. The molecule has 0 amide bonds. The molecule has 0 bridgehead atoms. The summed E-state index contributed by atoms with van der Waals surface area (Å²) in [5.41, 5.74) is 2.48. The molecule has 1 atom stereocenters. The van der Waals surface area contributed by atoms with E-state index in [1.807, 2.05) is 18.3 Å². The largest absolute Gasteiger partial charge is 0.418 e. The van der Waals surface area contributed by atoms with Gasteiger partial charge in [-0.1, -0.05) is 32.4 Å². The van der Waals surface area contributed by atoms with Crippen molar-refractivity contribution in [1.29, 1.82) is 0 Å². The fourth-order valence-electron chi connectivity index (χ4n) is 5.12. The van der Waals surface area contributed by atoms with Gasteiger partial charge in [-0.3, -0.25) is 4.90 Å². The molecule has 174 valence electrons. The lowest BCUT2D eigenvalue weighted by Gasteiger charge is -2.39. The third-order valence-corrected chi connectivity index (χ3v) is 7.19. The summed E-state index contributed by atoms with van der Waals surface area (Å²) in [6.45, 7) is 6.89. The molecule has 2 aliphatic heterocycles. The molecule has 0 aromatic heterocycles. The fourth-order valence-corrected chi connectivity index (χ4v) is 5.12. The molecule has 0 spiro atoms. The number of halogens is 3. The van der Waals surface area contributed by atoms with Crippen molar-refractivity contribution in [3.05, 3.63) is 65.1 Å². The zero-order valence-corrected chi connectivity index (χ0v) is 19.3. The lowest BCUT2D eigenvalue weighted by atomic mass is 9.66. The van der Waals surface area contributed by atoms with E-state index in [-0.39, 0.29) is 11.1 Å². The van der Waals surface area contributed by atoms with E-state index in [2.05, 4.69) is 36.2 Å². The zero-order chi connectivity index (χ0) is 22.9. The first kappa shape index (κ1) is 23.0. The molecule has 32 heavy (non-hydrogen) atoms. The summed E-state index contributed by atoms with van der Waals surface area (Å²) in [5, 5.41) is 3.13. The van der Waals surface area contributed by atoms with Gasteiger partial charge in [0.2, 0.25) is 0 Å². The van der Waals surface area contributed by atoms with Crippen LogP contribution in [-0.2, 0) is 5.41 Å². The summed E-state index contributed by atoms with van der Waals surface area (Å²) in [6.07, 6.45) is 6.05. The highest BCUT2D eigenvalue weighted by Crippen LogP contribution is 2.43. The number of piperidine rings is 1. The maximum absolute atomic E-state index is 14.0. The third-order valence-electron chi connectivity index (χ3n) is 7.19. The predicted molar refractivity (Wildman–Crippen MR) is 124 cm³/mol. The first-order valence-corrected chi connectivity index (χ1v) is 11.7. The number of anilines is 1. The van der Waals surface area contributed by atoms with Gasteiger partial charge in [-0.2, -0.15) is 13.2 Å². The minimum Gasteiger partial charge on any atom is -0.360 e. The van der Waals surface area contributed by atoms with Crippen LogP contribution in [0.25, 0.3) is 0 Å². The first-order valence-electron chi connectivity index (χ1n) is 11.7. The van der Waals surface area contributed by atoms with Crippen LogP contribution in [0.2, 0.25) is 0 Å². The van der Waals surface area contributed by atoms with Gasteiger partial charge in [0, 0.05) is 38.2 Å². The van der Waals surface area contributed by atoms with Crippen molar-refractivity contribution in [2.75, 3.05) is 32.0 Å². The second-order valence-electron chi connectivity index (χ2n) is 10.0. The van der Waals surface area contributed by atoms with Gasteiger partial charge in [0.25, 0.3) is 0 Å². The Morgan fingerprint density at radius 3 is 2.66 bits per heavy atom. The Hall–Kier alpha value is -2.21. The Morgan fingerprint density at radius 2 is 2.00 bits per heavy atom. The van der Waals surface area contributed by atoms with E-state index in [1.54, 1.807) is 11.9 Å². The standard InChI is InChI=1S/C26H34F3N3/c1-19-7-5-12-32(16-19)18-20-13-23(26(27,28)29)24(31(3)17-20)15-30-22-9-4-8-21(14-22)25(2)10-6-11-25/h4,8-9,13-15,17,19,30H,5-7,10-12,16,18H2,1-3H3/b24-15-/t19-/m0/s1. The summed E-state index contributed by atoms with van der Waals surface area (Å²) < 4.78 is 41.9. The molecule has 1 aliphatic carbocycles. The zero-order valence-electron chi connectivity index (χ0n) is 19.3. The fraction of sp³-hybridized carbons (Fsp3) is 0.538. The van der Waals surface area contributed by atoms with Crippen molar-refractivity contribution in [2.45, 2.75) is 57.5 Å². The number of allylic oxidation sites excluding steroid dienone is 1. The van der Waals surface area contributed by atoms with Crippen molar-refractivity contribution in [1.82, 2.24) is 9.80 Å². The van der Waals surface area contributed by atoms with Gasteiger partial charge < -0.3 is 10.2 Å². The number of hydrogen-bond donors (Lipinski definition) is 1. The Kier molecular flexibility index (Phi) is 6.44. The van der Waals surface area contributed by atoms with Crippen molar-refractivity contribution in [3.8, 4) is 0 Å². The number of likely N-dealkylation sites (N-methyl/N-ethyl adjacent to an activating group) is 1. The number of hydrogen-bond acceptors (Lipinski definition) is 3. The average molecular weight is 446 g/mol. The molecular formula is C26H34F3N3. The molecule has 0 radical (unpaired) electrons. The number of likely N-dealkylation sites (tertiary alicyclic amines) is 1. The number of benzene rings is 1. The summed E-state index contributed by atoms with van der Waals surface area (Å²) in [6, 6.07) is 8.06. The summed E-state index contributed by atoms with van der Waals surface area (Å²) in [5.74, 6) is 0.592. The van der Waals surface area contributed by atoms with Crippen molar-refractivity contribution in [3.63, 3.8) is 0 Å². The molecule has 1 saturated heterocycles. The topological polar surface area (TPSA) is 18.5 Å². The number of alkyl halides is 3. The van der Waals surface area contributed by atoms with E-state index in [9.17, 15) is 13.2 Å². The van der Waals surface area contributed by atoms with Crippen LogP contribution in [0.15, 0.2) is 59.6 Å². The van der Waals surface area contributed by atoms with Gasteiger partial charge in [-0.25, -0.2) is 0 Å². The van der Waals surface area contributed by atoms with E-state index in [4.69, 9.17) is 0 Å². The van der Waals surface area contributed by atoms with Crippen LogP contribution in [0.5, 0.6) is 0 Å². The lowest BCUT2D eigenvalue weighted by Crippen LogP contribution is -2.36. The highest BCUT2D eigenvalue weighted by molar-refractivity contribution is 5.53. The van der Waals surface area contributed by atoms with Crippen LogP contribution in [0.3, 0.4) is 0 Å². The molecule has 6 heteroatoms. The lowest BCUT2D eigenvalue weighted by molar-refractivity contribution is -0.0912. The van der Waals surface area contributed by atoms with Crippen LogP contribution in [-0.4, -0.2) is 42.7 Å². The van der Waals surface area contributed by atoms with Crippen LogP contribution in [0.1, 0.15) is 51.5 Å². The summed E-state index contributed by atoms with van der Waals surface area (Å²) in [4.78, 5) is 3.85. The number of rotatable bonds is 5. The quantitative estimate of drug-likeness (QED) is 0.563. The highest BCUT2D eigenvalue weighted by atomic mass is 19.4. The molecule has 0 unspecified atom stereocenters. The second kappa shape index (κ2) is 8.97. The van der Waals surface area contributed by atoms with E-state index in [0.29, 0.717) is 18.0 Å². The number of nitrogens with one attached hydrogen (secondary N) is 1. The molecule has 4 rings (SSSR count). The monoisotopic (exact) mass is 445 g/mol. The maximum Gasteiger partial charge on any atom is 0.418 e. The maximum atomic E-state index is 14.0. The molecule has 1 saturated carbocycles. The van der Waals surface area contributed by atoms with Gasteiger partial charge in [0.05, 0.1) is 11.3 Å². The van der Waals surface area contributed by atoms with E-state index in [0.717, 1.165) is 38.0 Å². The number of nitrogens with zero attached hydrogens (tertiary/aromatic N) is 2. The van der Waals surface area contributed by atoms with Gasteiger partial charge >= 0.3 is 6.18 Å². The van der Waals surface area contributed by atoms with E-state index in [1.165, 1.54) is 30.7 Å². The molecule has 1 aromatic carbocycles. The van der Waals surface area contributed by atoms with Crippen LogP contribution >= 0.6 is 0 Å². The average Bonchev–Trinajstić information content (AvgIpc) is 2.70. The van der Waals surface area contributed by atoms with Crippen molar-refractivity contribution >= 4 is 5.69 Å². The van der Waals surface area contributed by atoms with Crippen LogP contribution in [0.4, 0.5) is 18.9 Å². The third kappa shape index (κ3) is 5.06. The van der Waals surface area contributed by atoms with Gasteiger partial charge in [-0.05, 0) is 72.9 Å². The van der Waals surface area contributed by atoms with E-state index < -0.39 is 11.7 Å². The molecule has 1 aromatic rings. The van der Waals surface area contributed by atoms with Crippen molar-refractivity contribution < 1.29 is 13.2 Å². The van der Waals surface area contributed by atoms with Crippen molar-refractivity contribution in [2.24, 2.45) is 5.92 Å². The Bertz CT molecular complexity index is 924.